The first-order valence-corrected chi connectivity index (χ1v) is 16.1. The minimum Gasteiger partial charge on any atom is -0.488 e. The zero-order valence-electron chi connectivity index (χ0n) is 22.4. The Hall–Kier alpha value is -2.95. The molecule has 0 aliphatic carbocycles. The minimum atomic E-state index is -2.88. The maximum Gasteiger partial charge on any atom is 0.306 e. The predicted molar refractivity (Wildman–Crippen MR) is 154 cm³/mol. The highest BCUT2D eigenvalue weighted by atomic mass is 32.2. The summed E-state index contributed by atoms with van der Waals surface area (Å²) in [5.41, 5.74) is 6.28. The molecule has 0 bridgehead atoms. The molecule has 0 spiro atoms. The molecule has 2 aromatic carbocycles. The molecular formula is C29H35N3O5S2. The molecule has 10 heteroatoms. The van der Waals surface area contributed by atoms with Gasteiger partial charge in [-0.15, -0.1) is 11.3 Å². The largest absolute Gasteiger partial charge is 0.488 e. The topological polar surface area (TPSA) is 100 Å². The Morgan fingerprint density at radius 1 is 1.08 bits per heavy atom. The van der Waals surface area contributed by atoms with Crippen LogP contribution >= 0.6 is 11.3 Å². The SMILES string of the molecule is Cc1cc(CN2CCS(=O)(=O)CC2)ccc1COc1c(C)cccc1-c1csc(N2CCC(C(=O)O)CC2)n1. The van der Waals surface area contributed by atoms with Crippen LogP contribution < -0.4 is 9.64 Å². The van der Waals surface area contributed by atoms with Gasteiger partial charge >= 0.3 is 5.97 Å². The summed E-state index contributed by atoms with van der Waals surface area (Å²) in [6.45, 7) is 7.88. The van der Waals surface area contributed by atoms with Crippen molar-refractivity contribution in [3.05, 3.63) is 64.0 Å². The van der Waals surface area contributed by atoms with Gasteiger partial charge in [-0.05, 0) is 55.0 Å². The van der Waals surface area contributed by atoms with E-state index in [2.05, 4.69) is 34.9 Å². The van der Waals surface area contributed by atoms with Crippen LogP contribution in [-0.4, -0.2) is 67.1 Å². The first-order chi connectivity index (χ1) is 18.7. The van der Waals surface area contributed by atoms with Crippen LogP contribution in [0.1, 0.15) is 35.1 Å². The van der Waals surface area contributed by atoms with Crippen molar-refractivity contribution in [3.63, 3.8) is 0 Å². The Balaban J connectivity index is 1.25. The number of hydrogen-bond donors (Lipinski definition) is 1. The predicted octanol–water partition coefficient (Wildman–Crippen LogP) is 4.54. The summed E-state index contributed by atoms with van der Waals surface area (Å²) in [5.74, 6) is 0.317. The molecule has 2 fully saturated rings. The number of anilines is 1. The van der Waals surface area contributed by atoms with Crippen LogP contribution in [-0.2, 0) is 27.8 Å². The zero-order chi connectivity index (χ0) is 27.6. The Morgan fingerprint density at radius 3 is 2.51 bits per heavy atom. The average molecular weight is 570 g/mol. The van der Waals surface area contributed by atoms with Gasteiger partial charge in [-0.3, -0.25) is 9.69 Å². The molecule has 3 aromatic rings. The molecule has 0 saturated carbocycles. The van der Waals surface area contributed by atoms with Gasteiger partial charge in [-0.2, -0.15) is 0 Å². The summed E-state index contributed by atoms with van der Waals surface area (Å²) >= 11 is 1.58. The maximum absolute atomic E-state index is 11.7. The summed E-state index contributed by atoms with van der Waals surface area (Å²) in [6.07, 6.45) is 1.28. The van der Waals surface area contributed by atoms with Crippen molar-refractivity contribution < 1.29 is 23.1 Å². The molecule has 0 atom stereocenters. The second-order valence-electron chi connectivity index (χ2n) is 10.5. The number of rotatable bonds is 8. The van der Waals surface area contributed by atoms with Gasteiger partial charge in [0.05, 0.1) is 23.1 Å². The number of nitrogens with zero attached hydrogens (tertiary/aromatic N) is 3. The van der Waals surface area contributed by atoms with Crippen LogP contribution in [0.15, 0.2) is 41.8 Å². The molecule has 5 rings (SSSR count). The van der Waals surface area contributed by atoms with Gasteiger partial charge < -0.3 is 14.7 Å². The number of para-hydroxylation sites is 1. The molecule has 3 heterocycles. The van der Waals surface area contributed by atoms with E-state index in [1.54, 1.807) is 11.3 Å². The Kier molecular flexibility index (Phi) is 8.25. The number of aromatic nitrogens is 1. The zero-order valence-corrected chi connectivity index (χ0v) is 24.1. The average Bonchev–Trinajstić information content (AvgIpc) is 3.40. The number of thiazole rings is 1. The first-order valence-electron chi connectivity index (χ1n) is 13.4. The van der Waals surface area contributed by atoms with Crippen molar-refractivity contribution >= 4 is 32.3 Å². The van der Waals surface area contributed by atoms with E-state index in [1.165, 1.54) is 5.56 Å². The van der Waals surface area contributed by atoms with E-state index < -0.39 is 15.8 Å². The maximum atomic E-state index is 11.7. The number of hydrogen-bond acceptors (Lipinski definition) is 8. The molecule has 1 aromatic heterocycles. The third-order valence-electron chi connectivity index (χ3n) is 7.72. The third-order valence-corrected chi connectivity index (χ3v) is 10.2. The van der Waals surface area contributed by atoms with Crippen LogP contribution in [0.5, 0.6) is 5.75 Å². The van der Waals surface area contributed by atoms with E-state index in [0.717, 1.165) is 45.4 Å². The fraction of sp³-hybridized carbons (Fsp3) is 0.448. The van der Waals surface area contributed by atoms with Crippen LogP contribution in [0, 0.1) is 19.8 Å². The molecule has 1 N–H and O–H groups in total. The van der Waals surface area contributed by atoms with Crippen molar-refractivity contribution in [2.24, 2.45) is 5.92 Å². The van der Waals surface area contributed by atoms with Crippen molar-refractivity contribution in [3.8, 4) is 17.0 Å². The van der Waals surface area contributed by atoms with Gasteiger partial charge in [0.2, 0.25) is 0 Å². The van der Waals surface area contributed by atoms with Crippen molar-refractivity contribution in [1.82, 2.24) is 9.88 Å². The molecule has 39 heavy (non-hydrogen) atoms. The summed E-state index contributed by atoms with van der Waals surface area (Å²) in [5, 5.41) is 12.2. The Bertz CT molecular complexity index is 1430. The van der Waals surface area contributed by atoms with E-state index in [-0.39, 0.29) is 17.4 Å². The lowest BCUT2D eigenvalue weighted by Gasteiger charge is -2.29. The lowest BCUT2D eigenvalue weighted by atomic mass is 9.97. The monoisotopic (exact) mass is 569 g/mol. The molecule has 0 unspecified atom stereocenters. The van der Waals surface area contributed by atoms with Gasteiger partial charge in [0.1, 0.15) is 12.4 Å². The quantitative estimate of drug-likeness (QED) is 0.422. The van der Waals surface area contributed by atoms with Crippen LogP contribution in [0.25, 0.3) is 11.3 Å². The number of carboxylic acid groups (broad SMARTS) is 1. The summed E-state index contributed by atoms with van der Waals surface area (Å²) < 4.78 is 29.8. The van der Waals surface area contributed by atoms with Crippen LogP contribution in [0.2, 0.25) is 0 Å². The fourth-order valence-electron chi connectivity index (χ4n) is 5.23. The number of aryl methyl sites for hydroxylation is 2. The summed E-state index contributed by atoms with van der Waals surface area (Å²) in [4.78, 5) is 20.6. The van der Waals surface area contributed by atoms with Gasteiger partial charge in [0.15, 0.2) is 15.0 Å². The number of carbonyl (C=O) groups is 1. The van der Waals surface area contributed by atoms with E-state index in [9.17, 15) is 18.3 Å². The number of benzene rings is 2. The molecule has 208 valence electrons. The van der Waals surface area contributed by atoms with E-state index >= 15 is 0 Å². The molecule has 2 saturated heterocycles. The molecule has 8 nitrogen and oxygen atoms in total. The molecule has 2 aliphatic heterocycles. The van der Waals surface area contributed by atoms with Crippen molar-refractivity contribution in [2.45, 2.75) is 39.8 Å². The number of aliphatic carboxylic acids is 1. The molecule has 0 radical (unpaired) electrons. The van der Waals surface area contributed by atoms with E-state index in [4.69, 9.17) is 9.72 Å². The van der Waals surface area contributed by atoms with Crippen LogP contribution in [0.4, 0.5) is 5.13 Å². The van der Waals surface area contributed by atoms with Crippen molar-refractivity contribution in [2.75, 3.05) is 42.6 Å². The molecular weight excluding hydrogens is 534 g/mol. The smallest absolute Gasteiger partial charge is 0.306 e. The van der Waals surface area contributed by atoms with E-state index in [1.807, 2.05) is 30.5 Å². The van der Waals surface area contributed by atoms with Crippen molar-refractivity contribution in [1.29, 1.82) is 0 Å². The number of carboxylic acids is 1. The Labute approximate surface area is 234 Å². The third kappa shape index (κ3) is 6.62. The fourth-order valence-corrected chi connectivity index (χ4v) is 7.39. The van der Waals surface area contributed by atoms with Gasteiger partial charge in [-0.25, -0.2) is 13.4 Å². The number of sulfone groups is 1. The molecule has 2 aliphatic rings. The van der Waals surface area contributed by atoms with Crippen LogP contribution in [0.3, 0.4) is 0 Å². The Morgan fingerprint density at radius 2 is 1.82 bits per heavy atom. The second kappa shape index (κ2) is 11.7. The van der Waals surface area contributed by atoms with Gasteiger partial charge in [0, 0.05) is 43.7 Å². The standard InChI is InChI=1S/C29H35N3O5S2/c1-20-4-3-5-25(26-19-38-29(30-26)32-10-8-23(9-11-32)28(33)34)27(20)37-18-24-7-6-22(16-21(24)2)17-31-12-14-39(35,36)15-13-31/h3-7,16,19,23H,8-15,17-18H2,1-2H3,(H,33,34). The number of ether oxygens (including phenoxy) is 1. The summed E-state index contributed by atoms with van der Waals surface area (Å²) in [7, 11) is -2.88. The highest BCUT2D eigenvalue weighted by Gasteiger charge is 2.26. The lowest BCUT2D eigenvalue weighted by Crippen LogP contribution is -2.39. The highest BCUT2D eigenvalue weighted by Crippen LogP contribution is 2.37. The first kappa shape index (κ1) is 27.6. The number of piperidine rings is 1. The molecule has 0 amide bonds. The summed E-state index contributed by atoms with van der Waals surface area (Å²) in [6, 6.07) is 12.5. The van der Waals surface area contributed by atoms with Gasteiger partial charge in [-0.1, -0.05) is 30.3 Å². The van der Waals surface area contributed by atoms with E-state index in [0.29, 0.717) is 45.6 Å². The lowest BCUT2D eigenvalue weighted by molar-refractivity contribution is -0.142. The normalized spacial score (nSPS) is 18.3. The van der Waals surface area contributed by atoms with Gasteiger partial charge in [0.25, 0.3) is 0 Å². The minimum absolute atomic E-state index is 0.236. The second-order valence-corrected chi connectivity index (χ2v) is 13.7. The highest BCUT2D eigenvalue weighted by molar-refractivity contribution is 7.91.